The molecule has 0 spiro atoms. The van der Waals surface area contributed by atoms with E-state index < -0.39 is 20.6 Å². The molecule has 40 heavy (non-hydrogen) atoms. The number of pyridine rings is 3. The van der Waals surface area contributed by atoms with Crippen LogP contribution in [0.1, 0.15) is 17.5 Å². The summed E-state index contributed by atoms with van der Waals surface area (Å²) in [4.78, 5) is 24.8. The smallest absolute Gasteiger partial charge is 0.213 e. The van der Waals surface area contributed by atoms with Crippen LogP contribution in [0, 0.1) is 11.6 Å². The predicted molar refractivity (Wildman–Crippen MR) is 156 cm³/mol. The summed E-state index contributed by atoms with van der Waals surface area (Å²) in [6.07, 6.45) is 7.31. The molecular formula is C28H30F2N6O2SSi. The van der Waals surface area contributed by atoms with E-state index >= 15 is 0 Å². The first-order valence-corrected chi connectivity index (χ1v) is 16.4. The summed E-state index contributed by atoms with van der Waals surface area (Å²) in [5.74, 6) is -0.213. The van der Waals surface area contributed by atoms with Gasteiger partial charge in [0, 0.05) is 62.1 Å². The summed E-state index contributed by atoms with van der Waals surface area (Å²) in [5, 5.41) is 0.240. The van der Waals surface area contributed by atoms with Gasteiger partial charge in [0.1, 0.15) is 14.8 Å². The third-order valence-corrected chi connectivity index (χ3v) is 12.1. The molecule has 6 rings (SSSR count). The monoisotopic (exact) mass is 580 g/mol. The van der Waals surface area contributed by atoms with Gasteiger partial charge in [0.15, 0.2) is 17.1 Å². The van der Waals surface area contributed by atoms with Gasteiger partial charge < -0.3 is 24.5 Å². The molecule has 0 unspecified atom stereocenters. The molecule has 2 aliphatic heterocycles. The van der Waals surface area contributed by atoms with Gasteiger partial charge in [-0.15, -0.1) is 11.8 Å². The Morgan fingerprint density at radius 2 is 2.05 bits per heavy atom. The molecule has 4 aromatic rings. The highest BCUT2D eigenvalue weighted by atomic mass is 32.2. The lowest BCUT2D eigenvalue weighted by atomic mass is 10.1. The van der Waals surface area contributed by atoms with E-state index in [0.717, 1.165) is 42.5 Å². The number of anilines is 2. The Kier molecular flexibility index (Phi) is 7.47. The third kappa shape index (κ3) is 5.18. The Morgan fingerprint density at radius 1 is 1.18 bits per heavy atom. The van der Waals surface area contributed by atoms with Crippen molar-refractivity contribution in [1.29, 1.82) is 0 Å². The van der Waals surface area contributed by atoms with Crippen LogP contribution in [-0.4, -0.2) is 53.6 Å². The van der Waals surface area contributed by atoms with Crippen LogP contribution in [0.2, 0.25) is 6.04 Å². The quantitative estimate of drug-likeness (QED) is 0.329. The molecule has 8 nitrogen and oxygen atoms in total. The van der Waals surface area contributed by atoms with Crippen LogP contribution in [-0.2, 0) is 19.6 Å². The molecule has 5 heterocycles. The summed E-state index contributed by atoms with van der Waals surface area (Å²) < 4.78 is 38.8. The Labute approximate surface area is 236 Å². The van der Waals surface area contributed by atoms with E-state index in [1.54, 1.807) is 13.3 Å². The summed E-state index contributed by atoms with van der Waals surface area (Å²) >= 11 is 1.26. The molecule has 0 amide bonds. The van der Waals surface area contributed by atoms with Crippen molar-refractivity contribution in [3.05, 3.63) is 81.9 Å². The second-order valence-electron chi connectivity index (χ2n) is 10.2. The van der Waals surface area contributed by atoms with Crippen molar-refractivity contribution in [3.63, 3.8) is 0 Å². The molecule has 2 N–H and O–H groups in total. The Balaban J connectivity index is 1.38. The maximum atomic E-state index is 14.6. The predicted octanol–water partition coefficient (Wildman–Crippen LogP) is 3.94. The topological polar surface area (TPSA) is 89.5 Å². The van der Waals surface area contributed by atoms with E-state index in [1.807, 2.05) is 41.2 Å². The first-order chi connectivity index (χ1) is 19.4. The Morgan fingerprint density at radius 3 is 2.85 bits per heavy atom. The molecule has 12 heteroatoms. The van der Waals surface area contributed by atoms with Crippen LogP contribution in [0.25, 0.3) is 10.9 Å². The van der Waals surface area contributed by atoms with Crippen molar-refractivity contribution in [1.82, 2.24) is 19.1 Å². The van der Waals surface area contributed by atoms with E-state index in [9.17, 15) is 13.6 Å². The maximum absolute atomic E-state index is 14.6. The molecular weight excluding hydrogens is 550 g/mol. The molecule has 1 aromatic carbocycles. The van der Waals surface area contributed by atoms with E-state index in [-0.39, 0.29) is 15.7 Å². The van der Waals surface area contributed by atoms with Crippen LogP contribution in [0.4, 0.5) is 20.3 Å². The number of thioether (sulfide) groups is 1. The Hall–Kier alpha value is -3.48. The fourth-order valence-electron chi connectivity index (χ4n) is 5.70. The van der Waals surface area contributed by atoms with Gasteiger partial charge in [0.25, 0.3) is 0 Å². The van der Waals surface area contributed by atoms with Gasteiger partial charge in [0.2, 0.25) is 5.88 Å². The average Bonchev–Trinajstić information content (AvgIpc) is 2.98. The first kappa shape index (κ1) is 26.7. The molecule has 0 radical (unpaired) electrons. The number of benzene rings is 1. The number of aryl methyl sites for hydroxylation is 1. The van der Waals surface area contributed by atoms with Crippen molar-refractivity contribution in [3.8, 4) is 5.88 Å². The lowest BCUT2D eigenvalue weighted by Crippen LogP contribution is -2.51. The number of hydrogen-bond acceptors (Lipinski definition) is 8. The minimum absolute atomic E-state index is 0.222. The fraction of sp³-hybridized carbons (Fsp3) is 0.321. The highest BCUT2D eigenvalue weighted by molar-refractivity contribution is 7.99. The summed E-state index contributed by atoms with van der Waals surface area (Å²) in [6, 6.07) is 9.86. The van der Waals surface area contributed by atoms with Crippen LogP contribution in [0.3, 0.4) is 0 Å². The Bertz CT molecular complexity index is 1620. The van der Waals surface area contributed by atoms with Crippen LogP contribution in [0.5, 0.6) is 5.88 Å². The first-order valence-electron chi connectivity index (χ1n) is 13.3. The largest absolute Gasteiger partial charge is 0.481 e. The number of ether oxygens (including phenoxy) is 1. The number of nitrogen functional groups attached to an aromatic ring is 1. The second-order valence-corrected chi connectivity index (χ2v) is 14.3. The van der Waals surface area contributed by atoms with E-state index in [1.165, 1.54) is 11.8 Å². The summed E-state index contributed by atoms with van der Waals surface area (Å²) in [7, 11) is -0.0222. The minimum Gasteiger partial charge on any atom is -0.481 e. The highest BCUT2D eigenvalue weighted by Crippen LogP contribution is 2.35. The number of hydrogen-bond donors (Lipinski definition) is 1. The molecule has 1 fully saturated rings. The van der Waals surface area contributed by atoms with Crippen molar-refractivity contribution in [2.24, 2.45) is 0 Å². The van der Waals surface area contributed by atoms with Crippen molar-refractivity contribution >= 4 is 43.1 Å². The molecule has 1 saturated heterocycles. The zero-order chi connectivity index (χ0) is 27.8. The average molecular weight is 581 g/mol. The summed E-state index contributed by atoms with van der Waals surface area (Å²) in [6.45, 7) is 2.61. The van der Waals surface area contributed by atoms with Crippen molar-refractivity contribution < 1.29 is 13.5 Å². The normalized spacial score (nSPS) is 17.0. The zero-order valence-corrected chi connectivity index (χ0v) is 24.1. The van der Waals surface area contributed by atoms with Gasteiger partial charge in [-0.1, -0.05) is 0 Å². The molecule has 2 aliphatic rings. The number of nitrogens with two attached hydrogens (primary N) is 1. The number of aromatic nitrogens is 3. The molecule has 0 saturated carbocycles. The van der Waals surface area contributed by atoms with Crippen LogP contribution < -0.4 is 20.8 Å². The van der Waals surface area contributed by atoms with Gasteiger partial charge in [0.05, 0.1) is 34.8 Å². The van der Waals surface area contributed by atoms with E-state index in [4.69, 9.17) is 10.5 Å². The summed E-state index contributed by atoms with van der Waals surface area (Å²) in [5.41, 5.74) is 8.74. The van der Waals surface area contributed by atoms with Gasteiger partial charge >= 0.3 is 0 Å². The van der Waals surface area contributed by atoms with Gasteiger partial charge in [-0.05, 0) is 42.3 Å². The number of methoxy groups -OCH3 is 1. The maximum Gasteiger partial charge on any atom is 0.213 e. The third-order valence-electron chi connectivity index (χ3n) is 7.68. The number of rotatable bonds is 7. The minimum atomic E-state index is -1.61. The van der Waals surface area contributed by atoms with E-state index in [0.29, 0.717) is 48.2 Å². The molecule has 208 valence electrons. The second kappa shape index (κ2) is 11.2. The van der Waals surface area contributed by atoms with Crippen molar-refractivity contribution in [2.75, 3.05) is 36.2 Å². The zero-order valence-electron chi connectivity index (χ0n) is 22.1. The van der Waals surface area contributed by atoms with Gasteiger partial charge in [-0.25, -0.2) is 18.7 Å². The molecule has 1 atom stereocenters. The molecule has 0 aliphatic carbocycles. The fourth-order valence-corrected chi connectivity index (χ4v) is 10.0. The van der Waals surface area contributed by atoms with Gasteiger partial charge in [-0.3, -0.25) is 4.79 Å². The number of halogens is 2. The number of nitrogens with zero attached hydrogens (tertiary/aromatic N) is 5. The van der Waals surface area contributed by atoms with Crippen molar-refractivity contribution in [2.45, 2.75) is 37.0 Å². The lowest BCUT2D eigenvalue weighted by molar-refractivity contribution is 0.389. The lowest BCUT2D eigenvalue weighted by Gasteiger charge is -2.39. The SMILES string of the molecule is COc1cc(CN(Cc2cn3c4c(c(F)c(F)cc4c2=O)SCC3)[Si@H]2CCCN(c3ccc(N)nc3)C2)ccn1. The molecule has 0 bridgehead atoms. The highest BCUT2D eigenvalue weighted by Gasteiger charge is 2.30. The van der Waals surface area contributed by atoms with Crippen LogP contribution >= 0.6 is 11.8 Å². The van der Waals surface area contributed by atoms with Gasteiger partial charge in [-0.2, -0.15) is 0 Å². The standard InChI is InChI=1S/C28H30F2N6O2SSi/c1-38-24-11-18(5-6-32-24)14-36(40-10-2-7-35(17-40)20-3-4-23(31)33-13-20)16-19-15-34-8-9-39-28-25(30)22(29)12-21(26(28)34)27(19)37/h3-6,11-13,15,40H,2,7-10,14,16-17H2,1H3,(H2,31,33)/t40-/m0/s1. The van der Waals surface area contributed by atoms with Crippen LogP contribution in [0.15, 0.2) is 58.6 Å². The van der Waals surface area contributed by atoms with E-state index in [2.05, 4.69) is 19.4 Å². The molecule has 3 aromatic heterocycles.